The Morgan fingerprint density at radius 2 is 2.06 bits per heavy atom. The molecule has 88 valence electrons. The Labute approximate surface area is 104 Å². The summed E-state index contributed by atoms with van der Waals surface area (Å²) in [7, 11) is 0. The van der Waals surface area contributed by atoms with Gasteiger partial charge in [0.05, 0.1) is 5.02 Å². The predicted octanol–water partition coefficient (Wildman–Crippen LogP) is 3.61. The van der Waals surface area contributed by atoms with Crippen LogP contribution < -0.4 is 11.1 Å². The molecule has 0 amide bonds. The van der Waals surface area contributed by atoms with E-state index in [9.17, 15) is 13.2 Å². The van der Waals surface area contributed by atoms with Gasteiger partial charge in [-0.3, -0.25) is 0 Å². The first-order valence-electron chi connectivity index (χ1n) is 3.90. The summed E-state index contributed by atoms with van der Waals surface area (Å²) in [5.41, 5.74) is 1.30. The van der Waals surface area contributed by atoms with E-state index in [1.807, 2.05) is 0 Å². The Kier molecular flexibility index (Phi) is 4.28. The molecule has 0 saturated carbocycles. The summed E-state index contributed by atoms with van der Waals surface area (Å²) >= 11 is 9.98. The minimum Gasteiger partial charge on any atom is -0.376 e. The second kappa shape index (κ2) is 5.11. The fraction of sp³-hybridized carbons (Fsp3) is 0.125. The first-order chi connectivity index (χ1) is 7.28. The lowest BCUT2D eigenvalue weighted by Crippen LogP contribution is -2.18. The highest BCUT2D eigenvalue weighted by atomic mass is 35.5. The lowest BCUT2D eigenvalue weighted by molar-refractivity contribution is -0.0328. The average molecular weight is 287 g/mol. The molecule has 0 fully saturated rings. The highest BCUT2D eigenvalue weighted by molar-refractivity contribution is 8.00. The van der Waals surface area contributed by atoms with Gasteiger partial charge in [0.2, 0.25) is 0 Å². The van der Waals surface area contributed by atoms with E-state index in [0.29, 0.717) is 5.69 Å². The van der Waals surface area contributed by atoms with Gasteiger partial charge >= 0.3 is 5.51 Å². The van der Waals surface area contributed by atoms with E-state index in [1.165, 1.54) is 18.2 Å². The van der Waals surface area contributed by atoms with Crippen molar-refractivity contribution >= 4 is 46.4 Å². The first-order valence-corrected chi connectivity index (χ1v) is 5.50. The van der Waals surface area contributed by atoms with Gasteiger partial charge < -0.3 is 11.1 Å². The molecule has 8 heteroatoms. The Morgan fingerprint density at radius 1 is 1.44 bits per heavy atom. The fourth-order valence-electron chi connectivity index (χ4n) is 0.928. The van der Waals surface area contributed by atoms with Crippen LogP contribution >= 0.6 is 35.6 Å². The molecule has 1 aromatic carbocycles. The lowest BCUT2D eigenvalue weighted by Gasteiger charge is -2.09. The largest absolute Gasteiger partial charge is 0.446 e. The molecule has 0 spiro atoms. The molecule has 0 heterocycles. The molecular formula is C8H6ClF3N2S2. The Balaban J connectivity index is 2.87. The van der Waals surface area contributed by atoms with Crippen molar-refractivity contribution in [2.75, 3.05) is 5.32 Å². The topological polar surface area (TPSA) is 38.0 Å². The smallest absolute Gasteiger partial charge is 0.376 e. The Bertz CT molecular complexity index is 409. The van der Waals surface area contributed by atoms with Crippen LogP contribution in [0.25, 0.3) is 0 Å². The molecule has 0 radical (unpaired) electrons. The number of anilines is 1. The molecule has 0 saturated heterocycles. The maximum absolute atomic E-state index is 12.1. The Morgan fingerprint density at radius 3 is 2.50 bits per heavy atom. The molecule has 0 aliphatic rings. The lowest BCUT2D eigenvalue weighted by atomic mass is 10.3. The molecule has 16 heavy (non-hydrogen) atoms. The van der Waals surface area contributed by atoms with Gasteiger partial charge in [0.25, 0.3) is 0 Å². The molecular weight excluding hydrogens is 281 g/mol. The van der Waals surface area contributed by atoms with Gasteiger partial charge in [-0.1, -0.05) is 11.6 Å². The summed E-state index contributed by atoms with van der Waals surface area (Å²) in [6.45, 7) is 0. The van der Waals surface area contributed by atoms with Gasteiger partial charge in [0.15, 0.2) is 5.11 Å². The maximum atomic E-state index is 12.1. The summed E-state index contributed by atoms with van der Waals surface area (Å²) in [6.07, 6.45) is 0. The van der Waals surface area contributed by atoms with Gasteiger partial charge in [-0.15, -0.1) is 0 Å². The molecule has 0 aliphatic carbocycles. The molecule has 1 rings (SSSR count). The Hall–Kier alpha value is -0.660. The molecule has 0 aliphatic heterocycles. The maximum Gasteiger partial charge on any atom is 0.446 e. The van der Waals surface area contributed by atoms with Gasteiger partial charge in [0, 0.05) is 10.6 Å². The van der Waals surface area contributed by atoms with Crippen molar-refractivity contribution in [3.63, 3.8) is 0 Å². The highest BCUT2D eigenvalue weighted by Gasteiger charge is 2.30. The number of hydrogen-bond donors (Lipinski definition) is 2. The molecule has 1 aromatic rings. The fourth-order valence-corrected chi connectivity index (χ4v) is 1.88. The summed E-state index contributed by atoms with van der Waals surface area (Å²) < 4.78 is 36.2. The van der Waals surface area contributed by atoms with Crippen molar-refractivity contribution in [2.24, 2.45) is 5.73 Å². The van der Waals surface area contributed by atoms with E-state index in [2.05, 4.69) is 17.5 Å². The van der Waals surface area contributed by atoms with Crippen LogP contribution in [0, 0.1) is 0 Å². The number of halogens is 4. The zero-order valence-corrected chi connectivity index (χ0v) is 10.0. The summed E-state index contributed by atoms with van der Waals surface area (Å²) in [6, 6.07) is 4.00. The number of alkyl halides is 3. The number of rotatable bonds is 2. The normalized spacial score (nSPS) is 11.2. The van der Waals surface area contributed by atoms with Gasteiger partial charge in [-0.05, 0) is 42.2 Å². The number of hydrogen-bond acceptors (Lipinski definition) is 2. The van der Waals surface area contributed by atoms with E-state index in [-0.39, 0.29) is 26.8 Å². The van der Waals surface area contributed by atoms with Crippen molar-refractivity contribution in [3.8, 4) is 0 Å². The quantitative estimate of drug-likeness (QED) is 0.643. The number of benzene rings is 1. The average Bonchev–Trinajstić information content (AvgIpc) is 2.06. The van der Waals surface area contributed by atoms with Crippen LogP contribution in [-0.2, 0) is 0 Å². The second-order valence-electron chi connectivity index (χ2n) is 2.68. The third-order valence-corrected chi connectivity index (χ3v) is 2.76. The van der Waals surface area contributed by atoms with Gasteiger partial charge in [-0.25, -0.2) is 0 Å². The third kappa shape index (κ3) is 4.46. The van der Waals surface area contributed by atoms with E-state index in [0.717, 1.165) is 0 Å². The van der Waals surface area contributed by atoms with E-state index >= 15 is 0 Å². The summed E-state index contributed by atoms with van der Waals surface area (Å²) in [5, 5.41) is 2.58. The monoisotopic (exact) mass is 286 g/mol. The zero-order valence-electron chi connectivity index (χ0n) is 7.64. The molecule has 2 nitrogen and oxygen atoms in total. The molecule has 0 bridgehead atoms. The van der Waals surface area contributed by atoms with Crippen molar-refractivity contribution < 1.29 is 13.2 Å². The minimum atomic E-state index is -4.36. The molecule has 3 N–H and O–H groups in total. The van der Waals surface area contributed by atoms with Crippen LogP contribution in [0.3, 0.4) is 0 Å². The first kappa shape index (κ1) is 13.4. The second-order valence-corrected chi connectivity index (χ2v) is 4.64. The van der Waals surface area contributed by atoms with Crippen molar-refractivity contribution in [3.05, 3.63) is 23.2 Å². The van der Waals surface area contributed by atoms with Crippen LogP contribution in [0.2, 0.25) is 5.02 Å². The minimum absolute atomic E-state index is 0.0106. The zero-order chi connectivity index (χ0) is 12.3. The SMILES string of the molecule is NC(=S)Nc1ccc(SC(F)(F)F)c(Cl)c1. The van der Waals surface area contributed by atoms with E-state index in [4.69, 9.17) is 17.3 Å². The molecule has 0 aromatic heterocycles. The molecule has 0 atom stereocenters. The summed E-state index contributed by atoms with van der Waals surface area (Å²) in [5.74, 6) is 0. The van der Waals surface area contributed by atoms with Crippen LogP contribution in [-0.4, -0.2) is 10.6 Å². The number of thioether (sulfide) groups is 1. The molecule has 0 unspecified atom stereocenters. The summed E-state index contributed by atoms with van der Waals surface area (Å²) in [4.78, 5) is -0.0670. The van der Waals surface area contributed by atoms with Crippen LogP contribution in [0.1, 0.15) is 0 Å². The standard InChI is InChI=1S/C8H6ClF3N2S2/c9-5-3-4(14-7(13)15)1-2-6(5)16-8(10,11)12/h1-3H,(H3,13,14,15). The van der Waals surface area contributed by atoms with Crippen LogP contribution in [0.5, 0.6) is 0 Å². The third-order valence-electron chi connectivity index (χ3n) is 1.43. The number of nitrogens with one attached hydrogen (secondary N) is 1. The van der Waals surface area contributed by atoms with Gasteiger partial charge in [0.1, 0.15) is 0 Å². The van der Waals surface area contributed by atoms with Crippen LogP contribution in [0.15, 0.2) is 23.1 Å². The van der Waals surface area contributed by atoms with Crippen LogP contribution in [0.4, 0.5) is 18.9 Å². The van der Waals surface area contributed by atoms with Gasteiger partial charge in [-0.2, -0.15) is 13.2 Å². The predicted molar refractivity (Wildman–Crippen MR) is 63.8 cm³/mol. The highest BCUT2D eigenvalue weighted by Crippen LogP contribution is 2.40. The van der Waals surface area contributed by atoms with E-state index < -0.39 is 5.51 Å². The van der Waals surface area contributed by atoms with Crippen molar-refractivity contribution in [2.45, 2.75) is 10.4 Å². The number of thiocarbonyl (C=S) groups is 1. The van der Waals surface area contributed by atoms with Crippen molar-refractivity contribution in [1.29, 1.82) is 0 Å². The van der Waals surface area contributed by atoms with Crippen molar-refractivity contribution in [1.82, 2.24) is 0 Å². The number of nitrogens with two attached hydrogens (primary N) is 1. The van der Waals surface area contributed by atoms with E-state index in [1.54, 1.807) is 0 Å².